The van der Waals surface area contributed by atoms with Crippen LogP contribution in [0.25, 0.3) is 0 Å². The van der Waals surface area contributed by atoms with Crippen molar-refractivity contribution in [3.63, 3.8) is 0 Å². The fourth-order valence-electron chi connectivity index (χ4n) is 1.10. The zero-order valence-corrected chi connectivity index (χ0v) is 12.0. The second-order valence-corrected chi connectivity index (χ2v) is 4.46. The van der Waals surface area contributed by atoms with E-state index < -0.39 is 0 Å². The van der Waals surface area contributed by atoms with E-state index in [1.807, 2.05) is 0 Å². The zero-order chi connectivity index (χ0) is 12.0. The molecule has 0 unspecified atom stereocenters. The van der Waals surface area contributed by atoms with Crippen molar-refractivity contribution in [1.29, 1.82) is 0 Å². The molecular weight excluding hydrogens is 340 g/mol. The number of hydrogen-bond donors (Lipinski definition) is 0. The van der Waals surface area contributed by atoms with Crippen LogP contribution in [0.4, 0.5) is 0 Å². The first kappa shape index (κ1) is 13.7. The van der Waals surface area contributed by atoms with E-state index in [4.69, 9.17) is 9.47 Å². The lowest BCUT2D eigenvalue weighted by atomic mass is 10.1. The number of methoxy groups -OCH3 is 1. The average molecular weight is 352 g/mol. The van der Waals surface area contributed by atoms with Crippen LogP contribution in [0.3, 0.4) is 0 Å². The molecule has 88 valence electrons. The van der Waals surface area contributed by atoms with Crippen molar-refractivity contribution in [2.45, 2.75) is 0 Å². The second kappa shape index (κ2) is 7.04. The molecule has 0 saturated heterocycles. The summed E-state index contributed by atoms with van der Waals surface area (Å²) in [6, 6.07) is 5.29. The van der Waals surface area contributed by atoms with Gasteiger partial charge in [0.2, 0.25) is 0 Å². The second-order valence-electron chi connectivity index (χ2n) is 3.04. The fraction of sp³-hybridized carbons (Fsp3) is 0.364. The third kappa shape index (κ3) is 3.88. The van der Waals surface area contributed by atoms with Crippen molar-refractivity contribution >= 4 is 37.6 Å². The summed E-state index contributed by atoms with van der Waals surface area (Å²) in [5.74, 6) is 0.688. The summed E-state index contributed by atoms with van der Waals surface area (Å²) in [6.45, 7) is 0.976. The lowest BCUT2D eigenvalue weighted by Gasteiger charge is -2.08. The summed E-state index contributed by atoms with van der Waals surface area (Å²) in [5.41, 5.74) is 0.632. The van der Waals surface area contributed by atoms with Gasteiger partial charge in [0, 0.05) is 12.7 Å². The van der Waals surface area contributed by atoms with E-state index in [1.165, 1.54) is 0 Å². The number of alkyl halides is 1. The molecule has 0 radical (unpaired) electrons. The van der Waals surface area contributed by atoms with E-state index in [1.54, 1.807) is 25.3 Å². The largest absolute Gasteiger partial charge is 0.490 e. The van der Waals surface area contributed by atoms with Gasteiger partial charge in [0.05, 0.1) is 16.4 Å². The Morgan fingerprint density at radius 3 is 2.75 bits per heavy atom. The highest BCUT2D eigenvalue weighted by molar-refractivity contribution is 9.10. The molecule has 1 aromatic carbocycles. The van der Waals surface area contributed by atoms with Crippen LogP contribution in [0.2, 0.25) is 0 Å². The van der Waals surface area contributed by atoms with E-state index in [2.05, 4.69) is 31.9 Å². The quantitative estimate of drug-likeness (QED) is 0.449. The molecule has 0 spiro atoms. The first-order valence-corrected chi connectivity index (χ1v) is 6.61. The van der Waals surface area contributed by atoms with Crippen LogP contribution in [-0.2, 0) is 4.74 Å². The van der Waals surface area contributed by atoms with Gasteiger partial charge in [-0.15, -0.1) is 0 Å². The summed E-state index contributed by atoms with van der Waals surface area (Å²) in [7, 11) is 1.61. The topological polar surface area (TPSA) is 35.5 Å². The Balaban J connectivity index is 2.78. The Labute approximate surface area is 111 Å². The Morgan fingerprint density at radius 2 is 2.12 bits per heavy atom. The van der Waals surface area contributed by atoms with Crippen molar-refractivity contribution in [2.24, 2.45) is 0 Å². The van der Waals surface area contributed by atoms with E-state index in [9.17, 15) is 4.79 Å². The number of halogens is 2. The third-order valence-corrected chi connectivity index (χ3v) is 3.08. The van der Waals surface area contributed by atoms with Crippen LogP contribution < -0.4 is 4.74 Å². The van der Waals surface area contributed by atoms with Crippen LogP contribution in [0.5, 0.6) is 5.75 Å². The maximum Gasteiger partial charge on any atom is 0.173 e. The van der Waals surface area contributed by atoms with Gasteiger partial charge in [0.1, 0.15) is 12.4 Å². The summed E-state index contributed by atoms with van der Waals surface area (Å²) < 4.78 is 11.2. The van der Waals surface area contributed by atoms with Gasteiger partial charge in [-0.05, 0) is 34.1 Å². The maximum absolute atomic E-state index is 11.5. The van der Waals surface area contributed by atoms with Crippen molar-refractivity contribution in [2.75, 3.05) is 25.7 Å². The van der Waals surface area contributed by atoms with E-state index >= 15 is 0 Å². The summed E-state index contributed by atoms with van der Waals surface area (Å²) >= 11 is 6.50. The van der Waals surface area contributed by atoms with Crippen molar-refractivity contribution in [1.82, 2.24) is 0 Å². The van der Waals surface area contributed by atoms with Crippen LogP contribution in [0, 0.1) is 0 Å². The fourth-order valence-corrected chi connectivity index (χ4v) is 1.78. The molecule has 5 heteroatoms. The number of benzene rings is 1. The number of ketones is 1. The van der Waals surface area contributed by atoms with Gasteiger partial charge in [-0.2, -0.15) is 0 Å². The number of carbonyl (C=O) groups is 1. The molecule has 3 nitrogen and oxygen atoms in total. The molecule has 16 heavy (non-hydrogen) atoms. The van der Waals surface area contributed by atoms with Gasteiger partial charge < -0.3 is 9.47 Å². The number of Topliss-reactive ketones (excluding diaryl/α,β-unsaturated/α-hetero) is 1. The van der Waals surface area contributed by atoms with Gasteiger partial charge in [-0.1, -0.05) is 15.9 Å². The third-order valence-electron chi connectivity index (χ3n) is 1.92. The Bertz CT molecular complexity index is 366. The summed E-state index contributed by atoms with van der Waals surface area (Å²) in [4.78, 5) is 11.5. The van der Waals surface area contributed by atoms with Crippen LogP contribution in [0.1, 0.15) is 10.4 Å². The average Bonchev–Trinajstić information content (AvgIpc) is 2.31. The van der Waals surface area contributed by atoms with E-state index in [0.717, 1.165) is 4.47 Å². The highest BCUT2D eigenvalue weighted by Crippen LogP contribution is 2.26. The van der Waals surface area contributed by atoms with Crippen LogP contribution in [0.15, 0.2) is 22.7 Å². The van der Waals surface area contributed by atoms with Crippen molar-refractivity contribution in [3.05, 3.63) is 28.2 Å². The summed E-state index contributed by atoms with van der Waals surface area (Å²) in [6.07, 6.45) is 0. The molecular formula is C11H12Br2O3. The van der Waals surface area contributed by atoms with Gasteiger partial charge in [0.25, 0.3) is 0 Å². The standard InChI is InChI=1S/C11H12Br2O3/c1-15-4-5-16-11-6-8(10(14)7-12)2-3-9(11)13/h2-3,6H,4-5,7H2,1H3. The molecule has 0 aliphatic heterocycles. The Morgan fingerprint density at radius 1 is 1.38 bits per heavy atom. The minimum absolute atomic E-state index is 0.0316. The zero-order valence-electron chi connectivity index (χ0n) is 8.83. The predicted molar refractivity (Wildman–Crippen MR) is 69.6 cm³/mol. The SMILES string of the molecule is COCCOc1cc(C(=O)CBr)ccc1Br. The molecule has 0 fully saturated rings. The molecule has 0 aromatic heterocycles. The maximum atomic E-state index is 11.5. The normalized spacial score (nSPS) is 10.2. The van der Waals surface area contributed by atoms with Crippen LogP contribution in [-0.4, -0.2) is 31.4 Å². The molecule has 0 heterocycles. The molecule has 1 rings (SSSR count). The molecule has 0 aliphatic rings. The van der Waals surface area contributed by atoms with Gasteiger partial charge in [0.15, 0.2) is 5.78 Å². The minimum atomic E-state index is 0.0316. The lowest BCUT2D eigenvalue weighted by molar-refractivity contribution is 0.102. The number of rotatable bonds is 6. The molecule has 0 amide bonds. The Kier molecular flexibility index (Phi) is 6.01. The minimum Gasteiger partial charge on any atom is -0.490 e. The molecule has 0 saturated carbocycles. The van der Waals surface area contributed by atoms with Crippen molar-refractivity contribution < 1.29 is 14.3 Å². The first-order valence-electron chi connectivity index (χ1n) is 4.69. The molecule has 0 atom stereocenters. The van der Waals surface area contributed by atoms with Gasteiger partial charge in [-0.25, -0.2) is 0 Å². The molecule has 0 aliphatic carbocycles. The predicted octanol–water partition coefficient (Wildman–Crippen LogP) is 3.05. The highest BCUT2D eigenvalue weighted by Gasteiger charge is 2.08. The molecule has 0 N–H and O–H groups in total. The highest BCUT2D eigenvalue weighted by atomic mass is 79.9. The number of hydrogen-bond acceptors (Lipinski definition) is 3. The van der Waals surface area contributed by atoms with E-state index in [-0.39, 0.29) is 5.78 Å². The monoisotopic (exact) mass is 350 g/mol. The smallest absolute Gasteiger partial charge is 0.173 e. The molecule has 0 bridgehead atoms. The number of ether oxygens (including phenoxy) is 2. The van der Waals surface area contributed by atoms with Crippen LogP contribution >= 0.6 is 31.9 Å². The van der Waals surface area contributed by atoms with E-state index in [0.29, 0.717) is 29.9 Å². The Hall–Kier alpha value is -0.390. The first-order chi connectivity index (χ1) is 7.69. The van der Waals surface area contributed by atoms with Crippen molar-refractivity contribution in [3.8, 4) is 5.75 Å². The van der Waals surface area contributed by atoms with Gasteiger partial charge in [-0.3, -0.25) is 4.79 Å². The lowest BCUT2D eigenvalue weighted by Crippen LogP contribution is -2.06. The van der Waals surface area contributed by atoms with Gasteiger partial charge >= 0.3 is 0 Å². The molecule has 1 aromatic rings. The number of carbonyl (C=O) groups excluding carboxylic acids is 1. The summed E-state index contributed by atoms with van der Waals surface area (Å²) in [5, 5.41) is 0.312.